The van der Waals surface area contributed by atoms with Crippen LogP contribution in [-0.2, 0) is 20.2 Å². The lowest BCUT2D eigenvalue weighted by atomic mass is 9.69. The molecule has 1 amide bonds. The Bertz CT molecular complexity index is 769. The molecule has 2 aliphatic rings. The van der Waals surface area contributed by atoms with Crippen LogP contribution in [0.2, 0.25) is 0 Å². The third kappa shape index (κ3) is 4.72. The molecule has 1 N–H and O–H groups in total. The molecule has 0 spiro atoms. The number of nitrogens with zero attached hydrogens (tertiary/aromatic N) is 1. The number of hydrogen-bond acceptors (Lipinski definition) is 3. The van der Waals surface area contributed by atoms with Crippen LogP contribution in [0.15, 0.2) is 24.3 Å². The number of sulfonamides is 1. The third-order valence-electron chi connectivity index (χ3n) is 6.22. The minimum absolute atomic E-state index is 0.0372. The van der Waals surface area contributed by atoms with Gasteiger partial charge in [-0.1, -0.05) is 55.5 Å². The molecule has 1 aromatic carbocycles. The van der Waals surface area contributed by atoms with Crippen molar-refractivity contribution in [2.45, 2.75) is 69.7 Å². The second-order valence-corrected chi connectivity index (χ2v) is 10.2. The van der Waals surface area contributed by atoms with Crippen LogP contribution in [0.5, 0.6) is 0 Å². The van der Waals surface area contributed by atoms with E-state index in [-0.39, 0.29) is 11.3 Å². The van der Waals surface area contributed by atoms with Gasteiger partial charge < -0.3 is 5.32 Å². The Morgan fingerprint density at radius 2 is 1.93 bits per heavy atom. The summed E-state index contributed by atoms with van der Waals surface area (Å²) in [4.78, 5) is 12.9. The average molecular weight is 393 g/mol. The number of amides is 1. The minimum Gasteiger partial charge on any atom is -0.354 e. The highest BCUT2D eigenvalue weighted by molar-refractivity contribution is 7.88. The highest BCUT2D eigenvalue weighted by Crippen LogP contribution is 2.39. The van der Waals surface area contributed by atoms with Crippen molar-refractivity contribution in [2.24, 2.45) is 0 Å². The van der Waals surface area contributed by atoms with Gasteiger partial charge in [0.1, 0.15) is 6.04 Å². The van der Waals surface area contributed by atoms with Gasteiger partial charge in [0.25, 0.3) is 0 Å². The van der Waals surface area contributed by atoms with Crippen molar-refractivity contribution >= 4 is 15.9 Å². The van der Waals surface area contributed by atoms with E-state index in [0.717, 1.165) is 25.7 Å². The molecule has 1 heterocycles. The van der Waals surface area contributed by atoms with E-state index in [9.17, 15) is 13.2 Å². The quantitative estimate of drug-likeness (QED) is 0.837. The van der Waals surface area contributed by atoms with Crippen molar-refractivity contribution in [3.8, 4) is 0 Å². The molecule has 2 fully saturated rings. The molecule has 0 aromatic heterocycles. The third-order valence-corrected chi connectivity index (χ3v) is 7.51. The first-order valence-corrected chi connectivity index (χ1v) is 12.0. The van der Waals surface area contributed by atoms with Gasteiger partial charge >= 0.3 is 0 Å². The molecule has 1 atom stereocenters. The van der Waals surface area contributed by atoms with Crippen molar-refractivity contribution in [1.29, 1.82) is 0 Å². The van der Waals surface area contributed by atoms with Crippen LogP contribution in [0.25, 0.3) is 0 Å². The van der Waals surface area contributed by atoms with E-state index in [2.05, 4.69) is 36.5 Å². The highest BCUT2D eigenvalue weighted by Gasteiger charge is 2.38. The molecule has 6 heteroatoms. The number of nitrogens with one attached hydrogen (secondary N) is 1. The van der Waals surface area contributed by atoms with Crippen molar-refractivity contribution in [1.82, 2.24) is 9.62 Å². The first kappa shape index (κ1) is 20.3. The van der Waals surface area contributed by atoms with Gasteiger partial charge in [-0.25, -0.2) is 8.42 Å². The smallest absolute Gasteiger partial charge is 0.238 e. The Hall–Kier alpha value is -1.40. The number of aryl methyl sites for hydroxylation is 1. The summed E-state index contributed by atoms with van der Waals surface area (Å²) in [5.74, 6) is -0.141. The standard InChI is InChI=1S/C21H32N2O3S/c1-17-9-8-10-18(15-17)21(12-5-3-6-13-21)16-22-20(24)19-11-4-7-14-23(19)27(2,25)26/h8-10,15,19H,3-7,11-14,16H2,1-2H3,(H,22,24). The maximum Gasteiger partial charge on any atom is 0.238 e. The van der Waals surface area contributed by atoms with Gasteiger partial charge in [0.05, 0.1) is 6.26 Å². The van der Waals surface area contributed by atoms with Gasteiger partial charge in [-0.05, 0) is 38.2 Å². The van der Waals surface area contributed by atoms with Crippen molar-refractivity contribution in [3.05, 3.63) is 35.4 Å². The SMILES string of the molecule is Cc1cccc(C2(CNC(=O)C3CCCCN3S(C)(=O)=O)CCCCC2)c1. The zero-order valence-electron chi connectivity index (χ0n) is 16.5. The molecule has 1 aromatic rings. The maximum absolute atomic E-state index is 12.9. The summed E-state index contributed by atoms with van der Waals surface area (Å²) in [6.45, 7) is 3.13. The summed E-state index contributed by atoms with van der Waals surface area (Å²) in [5.41, 5.74) is 2.50. The van der Waals surface area contributed by atoms with E-state index in [1.54, 1.807) is 0 Å². The fraction of sp³-hybridized carbons (Fsp3) is 0.667. The lowest BCUT2D eigenvalue weighted by Gasteiger charge is -2.39. The molecule has 5 nitrogen and oxygen atoms in total. The van der Waals surface area contributed by atoms with Crippen LogP contribution in [-0.4, -0.2) is 44.0 Å². The van der Waals surface area contributed by atoms with E-state index < -0.39 is 16.1 Å². The molecule has 1 saturated heterocycles. The van der Waals surface area contributed by atoms with Crippen LogP contribution < -0.4 is 5.32 Å². The number of hydrogen-bond donors (Lipinski definition) is 1. The molecular formula is C21H32N2O3S. The molecule has 0 radical (unpaired) electrons. The lowest BCUT2D eigenvalue weighted by Crippen LogP contribution is -2.53. The van der Waals surface area contributed by atoms with Gasteiger partial charge in [-0.3, -0.25) is 4.79 Å². The summed E-state index contributed by atoms with van der Waals surface area (Å²) in [6.07, 6.45) is 9.24. The van der Waals surface area contributed by atoms with Gasteiger partial charge in [0.15, 0.2) is 0 Å². The maximum atomic E-state index is 12.9. The zero-order valence-corrected chi connectivity index (χ0v) is 17.4. The Morgan fingerprint density at radius 1 is 1.19 bits per heavy atom. The Labute approximate surface area is 163 Å². The fourth-order valence-corrected chi connectivity index (χ4v) is 5.83. The summed E-state index contributed by atoms with van der Waals surface area (Å²) < 4.78 is 25.5. The highest BCUT2D eigenvalue weighted by atomic mass is 32.2. The van der Waals surface area contributed by atoms with Crippen LogP contribution >= 0.6 is 0 Å². The van der Waals surface area contributed by atoms with Gasteiger partial charge in [-0.15, -0.1) is 0 Å². The van der Waals surface area contributed by atoms with Gasteiger partial charge in [0, 0.05) is 18.5 Å². The first-order chi connectivity index (χ1) is 12.8. The number of carbonyl (C=O) groups excluding carboxylic acids is 1. The second kappa shape index (κ2) is 8.31. The Morgan fingerprint density at radius 3 is 2.59 bits per heavy atom. The average Bonchev–Trinajstić information content (AvgIpc) is 2.66. The van der Waals surface area contributed by atoms with E-state index in [1.165, 1.54) is 41.0 Å². The van der Waals surface area contributed by atoms with E-state index in [0.29, 0.717) is 19.5 Å². The molecule has 3 rings (SSSR count). The van der Waals surface area contributed by atoms with Crippen LogP contribution in [0.3, 0.4) is 0 Å². The molecule has 1 aliphatic carbocycles. The van der Waals surface area contributed by atoms with Gasteiger partial charge in [-0.2, -0.15) is 4.31 Å². The van der Waals surface area contributed by atoms with Gasteiger partial charge in [0.2, 0.25) is 15.9 Å². The fourth-order valence-electron chi connectivity index (χ4n) is 4.71. The number of carbonyl (C=O) groups is 1. The summed E-state index contributed by atoms with van der Waals surface area (Å²) >= 11 is 0. The van der Waals surface area contributed by atoms with Crippen molar-refractivity contribution < 1.29 is 13.2 Å². The van der Waals surface area contributed by atoms with E-state index in [1.807, 2.05) is 0 Å². The molecule has 0 bridgehead atoms. The molecule has 150 valence electrons. The number of piperidine rings is 1. The minimum atomic E-state index is -3.36. The van der Waals surface area contributed by atoms with Crippen LogP contribution in [0.4, 0.5) is 0 Å². The predicted octanol–water partition coefficient (Wildman–Crippen LogP) is 3.13. The number of benzene rings is 1. The van der Waals surface area contributed by atoms with Crippen molar-refractivity contribution in [2.75, 3.05) is 19.3 Å². The van der Waals surface area contributed by atoms with E-state index >= 15 is 0 Å². The van der Waals surface area contributed by atoms with Crippen molar-refractivity contribution in [3.63, 3.8) is 0 Å². The zero-order chi connectivity index (χ0) is 19.5. The molecule has 27 heavy (non-hydrogen) atoms. The molecule has 1 aliphatic heterocycles. The molecule has 1 unspecified atom stereocenters. The Kier molecular flexibility index (Phi) is 6.26. The monoisotopic (exact) mass is 392 g/mol. The summed E-state index contributed by atoms with van der Waals surface area (Å²) in [5, 5.41) is 3.14. The first-order valence-electron chi connectivity index (χ1n) is 10.1. The normalized spacial score (nSPS) is 23.7. The van der Waals surface area contributed by atoms with Crippen LogP contribution in [0.1, 0.15) is 62.5 Å². The predicted molar refractivity (Wildman–Crippen MR) is 108 cm³/mol. The lowest BCUT2D eigenvalue weighted by molar-refractivity contribution is -0.126. The summed E-state index contributed by atoms with van der Waals surface area (Å²) in [7, 11) is -3.36. The number of rotatable bonds is 5. The molecule has 1 saturated carbocycles. The topological polar surface area (TPSA) is 66.5 Å². The Balaban J connectivity index is 1.76. The summed E-state index contributed by atoms with van der Waals surface area (Å²) in [6, 6.07) is 8.04. The largest absolute Gasteiger partial charge is 0.354 e. The molecular weight excluding hydrogens is 360 g/mol. The van der Waals surface area contributed by atoms with E-state index in [4.69, 9.17) is 0 Å². The van der Waals surface area contributed by atoms with Crippen LogP contribution in [0, 0.1) is 6.92 Å². The second-order valence-electron chi connectivity index (χ2n) is 8.31.